The molecule has 1 saturated carbocycles. The molecule has 0 aromatic heterocycles. The molecule has 2 aliphatic rings. The molecular weight excluding hydrogens is 208 g/mol. The standard InChI is InChI=1S/C12H20O4/c1-3-14-12(15-4-2)7-5-6-9-8-10(13)16-11(9)12/h9,11H,3-8H2,1-2H3/t9-,11+/m0/s1. The summed E-state index contributed by atoms with van der Waals surface area (Å²) in [7, 11) is 0. The van der Waals surface area contributed by atoms with Crippen LogP contribution in [0.5, 0.6) is 0 Å². The summed E-state index contributed by atoms with van der Waals surface area (Å²) >= 11 is 0. The average Bonchev–Trinajstić information content (AvgIpc) is 2.61. The van der Waals surface area contributed by atoms with Gasteiger partial charge in [0.2, 0.25) is 5.79 Å². The molecule has 0 amide bonds. The van der Waals surface area contributed by atoms with Crippen LogP contribution in [-0.2, 0) is 19.0 Å². The highest BCUT2D eigenvalue weighted by Gasteiger charge is 2.53. The number of ether oxygens (including phenoxy) is 3. The molecule has 1 saturated heterocycles. The van der Waals surface area contributed by atoms with Gasteiger partial charge in [-0.05, 0) is 26.7 Å². The molecule has 0 bridgehead atoms. The van der Waals surface area contributed by atoms with Crippen molar-refractivity contribution in [2.75, 3.05) is 13.2 Å². The number of fused-ring (bicyclic) bond motifs is 1. The van der Waals surface area contributed by atoms with E-state index in [0.29, 0.717) is 19.6 Å². The minimum Gasteiger partial charge on any atom is -0.456 e. The summed E-state index contributed by atoms with van der Waals surface area (Å²) in [6.45, 7) is 5.06. The molecule has 1 aliphatic heterocycles. The minimum atomic E-state index is -0.682. The van der Waals surface area contributed by atoms with Crippen LogP contribution in [0, 0.1) is 5.92 Å². The molecule has 2 atom stereocenters. The van der Waals surface area contributed by atoms with Crippen molar-refractivity contribution in [1.82, 2.24) is 0 Å². The first-order chi connectivity index (χ1) is 7.72. The van der Waals surface area contributed by atoms with Gasteiger partial charge < -0.3 is 14.2 Å². The highest BCUT2D eigenvalue weighted by Crippen LogP contribution is 2.43. The Morgan fingerprint density at radius 1 is 1.38 bits per heavy atom. The van der Waals surface area contributed by atoms with Gasteiger partial charge in [-0.15, -0.1) is 0 Å². The lowest BCUT2D eigenvalue weighted by atomic mass is 9.81. The van der Waals surface area contributed by atoms with E-state index in [-0.39, 0.29) is 18.0 Å². The lowest BCUT2D eigenvalue weighted by Gasteiger charge is -2.42. The lowest BCUT2D eigenvalue weighted by Crippen LogP contribution is -2.52. The Morgan fingerprint density at radius 2 is 2.06 bits per heavy atom. The number of hydrogen-bond donors (Lipinski definition) is 0. The first-order valence-electron chi connectivity index (χ1n) is 6.19. The summed E-state index contributed by atoms with van der Waals surface area (Å²) in [4.78, 5) is 11.4. The number of carbonyl (C=O) groups excluding carboxylic acids is 1. The molecule has 0 unspecified atom stereocenters. The van der Waals surface area contributed by atoms with Gasteiger partial charge in [0.15, 0.2) is 6.10 Å². The SMILES string of the molecule is CCOC1(OCC)CCC[C@H]2CC(=O)O[C@H]21. The molecule has 2 fully saturated rings. The second kappa shape index (κ2) is 4.72. The number of rotatable bonds is 4. The normalized spacial score (nSPS) is 32.2. The highest BCUT2D eigenvalue weighted by atomic mass is 16.7. The van der Waals surface area contributed by atoms with Crippen LogP contribution < -0.4 is 0 Å². The Morgan fingerprint density at radius 3 is 2.69 bits per heavy atom. The summed E-state index contributed by atoms with van der Waals surface area (Å²) in [5, 5.41) is 0. The van der Waals surface area contributed by atoms with E-state index in [1.807, 2.05) is 13.8 Å². The molecule has 1 heterocycles. The summed E-state index contributed by atoms with van der Waals surface area (Å²) in [6, 6.07) is 0. The second-order valence-corrected chi connectivity index (χ2v) is 4.44. The van der Waals surface area contributed by atoms with Gasteiger partial charge >= 0.3 is 5.97 Å². The summed E-state index contributed by atoms with van der Waals surface area (Å²) in [5.41, 5.74) is 0. The Balaban J connectivity index is 2.18. The van der Waals surface area contributed by atoms with Gasteiger partial charge in [-0.25, -0.2) is 0 Å². The van der Waals surface area contributed by atoms with Crippen molar-refractivity contribution in [3.8, 4) is 0 Å². The van der Waals surface area contributed by atoms with Gasteiger partial charge in [0, 0.05) is 25.6 Å². The van der Waals surface area contributed by atoms with Crippen LogP contribution in [0.2, 0.25) is 0 Å². The molecule has 16 heavy (non-hydrogen) atoms. The first kappa shape index (κ1) is 11.9. The lowest BCUT2D eigenvalue weighted by molar-refractivity contribution is -0.297. The molecule has 92 valence electrons. The molecule has 4 heteroatoms. The number of esters is 1. The maximum Gasteiger partial charge on any atom is 0.306 e. The van der Waals surface area contributed by atoms with E-state index >= 15 is 0 Å². The van der Waals surface area contributed by atoms with Crippen LogP contribution in [0.4, 0.5) is 0 Å². The van der Waals surface area contributed by atoms with Crippen molar-refractivity contribution in [3.63, 3.8) is 0 Å². The molecule has 0 spiro atoms. The van der Waals surface area contributed by atoms with E-state index in [4.69, 9.17) is 14.2 Å². The van der Waals surface area contributed by atoms with Crippen molar-refractivity contribution < 1.29 is 19.0 Å². The van der Waals surface area contributed by atoms with E-state index in [0.717, 1.165) is 19.3 Å². The summed E-state index contributed by atoms with van der Waals surface area (Å²) in [6.07, 6.45) is 3.22. The van der Waals surface area contributed by atoms with E-state index in [1.165, 1.54) is 0 Å². The van der Waals surface area contributed by atoms with Gasteiger partial charge in [0.05, 0.1) is 6.42 Å². The maximum atomic E-state index is 11.4. The fraction of sp³-hybridized carbons (Fsp3) is 0.917. The average molecular weight is 228 g/mol. The van der Waals surface area contributed by atoms with Crippen LogP contribution in [0.1, 0.15) is 39.5 Å². The van der Waals surface area contributed by atoms with Crippen molar-refractivity contribution in [2.45, 2.75) is 51.4 Å². The topological polar surface area (TPSA) is 44.8 Å². The van der Waals surface area contributed by atoms with Gasteiger partial charge in [-0.1, -0.05) is 0 Å². The molecule has 0 N–H and O–H groups in total. The van der Waals surface area contributed by atoms with Crippen molar-refractivity contribution in [3.05, 3.63) is 0 Å². The van der Waals surface area contributed by atoms with E-state index in [1.54, 1.807) is 0 Å². The Bertz CT molecular complexity index is 252. The monoisotopic (exact) mass is 228 g/mol. The van der Waals surface area contributed by atoms with Crippen molar-refractivity contribution >= 4 is 5.97 Å². The zero-order valence-electron chi connectivity index (χ0n) is 10.0. The summed E-state index contributed by atoms with van der Waals surface area (Å²) < 4.78 is 16.9. The predicted octanol–water partition coefficient (Wildman–Crippen LogP) is 1.87. The quantitative estimate of drug-likeness (QED) is 0.544. The fourth-order valence-corrected chi connectivity index (χ4v) is 2.90. The van der Waals surface area contributed by atoms with E-state index in [2.05, 4.69) is 0 Å². The zero-order valence-corrected chi connectivity index (χ0v) is 10.0. The minimum absolute atomic E-state index is 0.110. The van der Waals surface area contributed by atoms with Gasteiger partial charge in [-0.3, -0.25) is 4.79 Å². The Kier molecular flexibility index (Phi) is 3.50. The predicted molar refractivity (Wildman–Crippen MR) is 57.8 cm³/mol. The van der Waals surface area contributed by atoms with Gasteiger partial charge in [0.25, 0.3) is 0 Å². The third kappa shape index (κ3) is 1.96. The van der Waals surface area contributed by atoms with Crippen LogP contribution in [0.25, 0.3) is 0 Å². The molecule has 0 aromatic carbocycles. The van der Waals surface area contributed by atoms with Gasteiger partial charge in [-0.2, -0.15) is 0 Å². The fourth-order valence-electron chi connectivity index (χ4n) is 2.90. The van der Waals surface area contributed by atoms with Crippen molar-refractivity contribution in [1.29, 1.82) is 0 Å². The van der Waals surface area contributed by atoms with E-state index < -0.39 is 5.79 Å². The third-order valence-electron chi connectivity index (χ3n) is 3.43. The molecular formula is C12H20O4. The Labute approximate surface area is 96.2 Å². The first-order valence-corrected chi connectivity index (χ1v) is 6.19. The summed E-state index contributed by atoms with van der Waals surface area (Å²) in [5.74, 6) is -0.515. The molecule has 1 aliphatic carbocycles. The molecule has 4 nitrogen and oxygen atoms in total. The largest absolute Gasteiger partial charge is 0.456 e. The van der Waals surface area contributed by atoms with Crippen LogP contribution in [0.15, 0.2) is 0 Å². The van der Waals surface area contributed by atoms with Crippen LogP contribution in [0.3, 0.4) is 0 Å². The Hall–Kier alpha value is -0.610. The van der Waals surface area contributed by atoms with Crippen molar-refractivity contribution in [2.24, 2.45) is 5.92 Å². The number of carbonyl (C=O) groups is 1. The molecule has 0 radical (unpaired) electrons. The maximum absolute atomic E-state index is 11.4. The second-order valence-electron chi connectivity index (χ2n) is 4.44. The molecule has 2 rings (SSSR count). The third-order valence-corrected chi connectivity index (χ3v) is 3.43. The molecule has 0 aromatic rings. The zero-order chi connectivity index (χ0) is 11.6. The number of hydrogen-bond acceptors (Lipinski definition) is 4. The van der Waals surface area contributed by atoms with Gasteiger partial charge in [0.1, 0.15) is 0 Å². The van der Waals surface area contributed by atoms with Crippen LogP contribution in [-0.4, -0.2) is 31.1 Å². The smallest absolute Gasteiger partial charge is 0.306 e. The highest BCUT2D eigenvalue weighted by molar-refractivity contribution is 5.72. The van der Waals surface area contributed by atoms with E-state index in [9.17, 15) is 4.79 Å². The van der Waals surface area contributed by atoms with Crippen LogP contribution >= 0.6 is 0 Å².